The monoisotopic (exact) mass is 243 g/mol. The predicted octanol–water partition coefficient (Wildman–Crippen LogP) is 3.03. The largest absolute Gasteiger partial charge is 0.330 e. The zero-order valence-corrected chi connectivity index (χ0v) is 10.7. The Hall–Kier alpha value is -1.12. The highest BCUT2D eigenvalue weighted by Gasteiger charge is 2.36. The van der Waals surface area contributed by atoms with E-state index in [0.717, 1.165) is 25.8 Å². The van der Waals surface area contributed by atoms with E-state index in [9.17, 15) is 0 Å². The van der Waals surface area contributed by atoms with Crippen molar-refractivity contribution in [1.82, 2.24) is 0 Å². The predicted molar refractivity (Wildman–Crippen MR) is 73.4 cm³/mol. The van der Waals surface area contributed by atoms with Gasteiger partial charge in [0, 0.05) is 4.88 Å². The topological polar surface area (TPSA) is 26.0 Å². The van der Waals surface area contributed by atoms with Crippen molar-refractivity contribution in [2.75, 3.05) is 6.54 Å². The molecule has 88 valence electrons. The Morgan fingerprint density at radius 2 is 1.76 bits per heavy atom. The van der Waals surface area contributed by atoms with Gasteiger partial charge in [0.05, 0.1) is 0 Å². The summed E-state index contributed by atoms with van der Waals surface area (Å²) in [5.41, 5.74) is 9.32. The molecule has 17 heavy (non-hydrogen) atoms. The van der Waals surface area contributed by atoms with Gasteiger partial charge in [-0.05, 0) is 53.8 Å². The van der Waals surface area contributed by atoms with Crippen molar-refractivity contribution < 1.29 is 0 Å². The first-order valence-electron chi connectivity index (χ1n) is 6.11. The molecule has 2 aromatic rings. The quantitative estimate of drug-likeness (QED) is 0.881. The van der Waals surface area contributed by atoms with Gasteiger partial charge >= 0.3 is 0 Å². The van der Waals surface area contributed by atoms with Crippen LogP contribution in [0, 0.1) is 5.41 Å². The molecule has 1 heterocycles. The molecule has 0 fully saturated rings. The molecule has 0 saturated heterocycles. The molecule has 0 bridgehead atoms. The van der Waals surface area contributed by atoms with Gasteiger partial charge in [0.25, 0.3) is 0 Å². The van der Waals surface area contributed by atoms with Crippen LogP contribution in [-0.4, -0.2) is 6.54 Å². The summed E-state index contributed by atoms with van der Waals surface area (Å²) in [6.07, 6.45) is 3.39. The average molecular weight is 243 g/mol. The fourth-order valence-corrected chi connectivity index (χ4v) is 3.78. The lowest BCUT2D eigenvalue weighted by Crippen LogP contribution is -2.33. The lowest BCUT2D eigenvalue weighted by molar-refractivity contribution is 0.317. The molecule has 0 saturated carbocycles. The molecule has 2 N–H and O–H groups in total. The minimum atomic E-state index is 0.258. The summed E-state index contributed by atoms with van der Waals surface area (Å²) in [5, 5.41) is 2.15. The Balaban J connectivity index is 1.87. The van der Waals surface area contributed by atoms with Crippen LogP contribution >= 0.6 is 11.3 Å². The molecular weight excluding hydrogens is 226 g/mol. The highest BCUT2D eigenvalue weighted by molar-refractivity contribution is 7.09. The second kappa shape index (κ2) is 4.28. The molecule has 1 aliphatic rings. The van der Waals surface area contributed by atoms with Gasteiger partial charge in [-0.3, -0.25) is 0 Å². The highest BCUT2D eigenvalue weighted by Crippen LogP contribution is 2.39. The van der Waals surface area contributed by atoms with E-state index in [1.165, 1.54) is 16.0 Å². The number of benzene rings is 1. The molecule has 0 aliphatic heterocycles. The minimum absolute atomic E-state index is 0.258. The van der Waals surface area contributed by atoms with E-state index in [0.29, 0.717) is 0 Å². The molecule has 1 aromatic carbocycles. The lowest BCUT2D eigenvalue weighted by Gasteiger charge is -2.26. The van der Waals surface area contributed by atoms with Crippen LogP contribution in [0.5, 0.6) is 0 Å². The standard InChI is InChI=1S/C15H17NS/c16-11-15(10-14-6-3-7-17-14)8-12-4-1-2-5-13(12)9-15/h1-7H,8-11,16H2. The summed E-state index contributed by atoms with van der Waals surface area (Å²) >= 11 is 1.85. The Bertz CT molecular complexity index is 471. The highest BCUT2D eigenvalue weighted by atomic mass is 32.1. The van der Waals surface area contributed by atoms with Crippen molar-refractivity contribution in [3.8, 4) is 0 Å². The van der Waals surface area contributed by atoms with Crippen LogP contribution in [0.3, 0.4) is 0 Å². The van der Waals surface area contributed by atoms with Crippen molar-refractivity contribution in [1.29, 1.82) is 0 Å². The molecular formula is C15H17NS. The number of fused-ring (bicyclic) bond motifs is 1. The van der Waals surface area contributed by atoms with E-state index >= 15 is 0 Å². The van der Waals surface area contributed by atoms with Gasteiger partial charge in [-0.1, -0.05) is 30.3 Å². The maximum absolute atomic E-state index is 6.07. The third-order valence-corrected chi connectivity index (χ3v) is 4.69. The van der Waals surface area contributed by atoms with Gasteiger partial charge in [-0.2, -0.15) is 0 Å². The summed E-state index contributed by atoms with van der Waals surface area (Å²) in [6, 6.07) is 13.1. The molecule has 0 amide bonds. The molecule has 2 heteroatoms. The zero-order chi connectivity index (χ0) is 11.7. The van der Waals surface area contributed by atoms with Crippen LogP contribution in [0.15, 0.2) is 41.8 Å². The maximum atomic E-state index is 6.07. The summed E-state index contributed by atoms with van der Waals surface area (Å²) < 4.78 is 0. The van der Waals surface area contributed by atoms with Crippen LogP contribution in [0.25, 0.3) is 0 Å². The van der Waals surface area contributed by atoms with Crippen LogP contribution in [0.4, 0.5) is 0 Å². The fraction of sp³-hybridized carbons (Fsp3) is 0.333. The first-order chi connectivity index (χ1) is 8.31. The van der Waals surface area contributed by atoms with Crippen LogP contribution in [-0.2, 0) is 19.3 Å². The number of nitrogens with two attached hydrogens (primary N) is 1. The maximum Gasteiger partial charge on any atom is 0.00514 e. The van der Waals surface area contributed by atoms with Gasteiger partial charge in [0.15, 0.2) is 0 Å². The third kappa shape index (κ3) is 2.03. The van der Waals surface area contributed by atoms with Crippen LogP contribution < -0.4 is 5.73 Å². The Morgan fingerprint density at radius 3 is 2.29 bits per heavy atom. The van der Waals surface area contributed by atoms with Crippen molar-refractivity contribution in [3.05, 3.63) is 57.8 Å². The smallest absolute Gasteiger partial charge is 0.00514 e. The van der Waals surface area contributed by atoms with Crippen molar-refractivity contribution in [2.24, 2.45) is 11.1 Å². The van der Waals surface area contributed by atoms with E-state index in [1.807, 2.05) is 11.3 Å². The number of rotatable bonds is 3. The molecule has 0 radical (unpaired) electrons. The molecule has 1 nitrogen and oxygen atoms in total. The Labute approximate surface area is 106 Å². The second-order valence-electron chi connectivity index (χ2n) is 5.08. The van der Waals surface area contributed by atoms with E-state index in [-0.39, 0.29) is 5.41 Å². The molecule has 1 aromatic heterocycles. The number of hydrogen-bond acceptors (Lipinski definition) is 2. The van der Waals surface area contributed by atoms with Crippen molar-refractivity contribution in [3.63, 3.8) is 0 Å². The van der Waals surface area contributed by atoms with Crippen molar-refractivity contribution >= 4 is 11.3 Å². The first kappa shape index (κ1) is 11.0. The molecule has 0 spiro atoms. The van der Waals surface area contributed by atoms with Gasteiger partial charge in [-0.25, -0.2) is 0 Å². The third-order valence-electron chi connectivity index (χ3n) is 3.81. The Kier molecular flexibility index (Phi) is 2.77. The van der Waals surface area contributed by atoms with E-state index in [1.54, 1.807) is 0 Å². The van der Waals surface area contributed by atoms with E-state index in [2.05, 4.69) is 41.8 Å². The zero-order valence-electron chi connectivity index (χ0n) is 9.86. The van der Waals surface area contributed by atoms with Gasteiger partial charge in [0.1, 0.15) is 0 Å². The summed E-state index contributed by atoms with van der Waals surface area (Å²) in [5.74, 6) is 0. The number of hydrogen-bond donors (Lipinski definition) is 1. The molecule has 1 aliphatic carbocycles. The summed E-state index contributed by atoms with van der Waals surface area (Å²) in [7, 11) is 0. The summed E-state index contributed by atoms with van der Waals surface area (Å²) in [6.45, 7) is 0.777. The Morgan fingerprint density at radius 1 is 1.06 bits per heavy atom. The van der Waals surface area contributed by atoms with Crippen LogP contribution in [0.1, 0.15) is 16.0 Å². The molecule has 3 rings (SSSR count). The number of thiophene rings is 1. The SMILES string of the molecule is NCC1(Cc2cccs2)Cc2ccccc2C1. The van der Waals surface area contributed by atoms with Gasteiger partial charge < -0.3 is 5.73 Å². The first-order valence-corrected chi connectivity index (χ1v) is 6.99. The molecule has 0 atom stereocenters. The minimum Gasteiger partial charge on any atom is -0.330 e. The molecule has 0 unspecified atom stereocenters. The average Bonchev–Trinajstić information content (AvgIpc) is 2.96. The van der Waals surface area contributed by atoms with Gasteiger partial charge in [0.2, 0.25) is 0 Å². The fourth-order valence-electron chi connectivity index (χ4n) is 2.90. The lowest BCUT2D eigenvalue weighted by atomic mass is 9.81. The second-order valence-corrected chi connectivity index (χ2v) is 6.11. The van der Waals surface area contributed by atoms with Crippen molar-refractivity contribution in [2.45, 2.75) is 19.3 Å². The normalized spacial score (nSPS) is 17.0. The van der Waals surface area contributed by atoms with Crippen LogP contribution in [0.2, 0.25) is 0 Å². The van der Waals surface area contributed by atoms with Gasteiger partial charge in [-0.15, -0.1) is 11.3 Å². The van der Waals surface area contributed by atoms with E-state index in [4.69, 9.17) is 5.73 Å². The summed E-state index contributed by atoms with van der Waals surface area (Å²) in [4.78, 5) is 1.46. The van der Waals surface area contributed by atoms with E-state index < -0.39 is 0 Å².